The molecular formula is C16H14Cl2N2O4. The van der Waals surface area contributed by atoms with Crippen molar-refractivity contribution in [1.29, 1.82) is 0 Å². The van der Waals surface area contributed by atoms with Gasteiger partial charge in [-0.3, -0.25) is 4.79 Å². The number of phenols is 1. The SMILES string of the molecule is CN(CC(=O)Nc1ccc(O)cc1C(=O)O)c1ccc(Cl)c(Cl)c1. The van der Waals surface area contributed by atoms with Gasteiger partial charge in [0.25, 0.3) is 0 Å². The number of nitrogens with zero attached hydrogens (tertiary/aromatic N) is 1. The summed E-state index contributed by atoms with van der Waals surface area (Å²) in [6, 6.07) is 8.66. The van der Waals surface area contributed by atoms with Crippen molar-refractivity contribution in [2.45, 2.75) is 0 Å². The Bertz CT molecular complexity index is 796. The second-order valence-corrected chi connectivity index (χ2v) is 5.85. The van der Waals surface area contributed by atoms with Gasteiger partial charge in [0.1, 0.15) is 5.75 Å². The maximum atomic E-state index is 12.1. The number of nitrogens with one attached hydrogen (secondary N) is 1. The number of benzene rings is 2. The number of carbonyl (C=O) groups excluding carboxylic acids is 1. The number of carboxylic acid groups (broad SMARTS) is 1. The zero-order valence-corrected chi connectivity index (χ0v) is 14.1. The van der Waals surface area contributed by atoms with Gasteiger partial charge in [-0.15, -0.1) is 0 Å². The number of carboxylic acids is 1. The lowest BCUT2D eigenvalue weighted by Crippen LogP contribution is -2.30. The lowest BCUT2D eigenvalue weighted by Gasteiger charge is -2.19. The van der Waals surface area contributed by atoms with Gasteiger partial charge in [-0.1, -0.05) is 23.2 Å². The Morgan fingerprint density at radius 1 is 1.12 bits per heavy atom. The van der Waals surface area contributed by atoms with Crippen LogP contribution in [0.1, 0.15) is 10.4 Å². The maximum absolute atomic E-state index is 12.1. The van der Waals surface area contributed by atoms with E-state index >= 15 is 0 Å². The molecule has 0 aromatic heterocycles. The van der Waals surface area contributed by atoms with Crippen LogP contribution in [-0.4, -0.2) is 35.7 Å². The zero-order chi connectivity index (χ0) is 17.9. The number of carbonyl (C=O) groups is 2. The smallest absolute Gasteiger partial charge is 0.337 e. The van der Waals surface area contributed by atoms with Crippen molar-refractivity contribution < 1.29 is 19.8 Å². The van der Waals surface area contributed by atoms with Gasteiger partial charge in [-0.2, -0.15) is 0 Å². The van der Waals surface area contributed by atoms with Gasteiger partial charge in [0, 0.05) is 12.7 Å². The Morgan fingerprint density at radius 3 is 2.46 bits per heavy atom. The highest BCUT2D eigenvalue weighted by atomic mass is 35.5. The first-order chi connectivity index (χ1) is 11.3. The van der Waals surface area contributed by atoms with Crippen molar-refractivity contribution in [3.8, 4) is 5.75 Å². The van der Waals surface area contributed by atoms with E-state index in [0.717, 1.165) is 6.07 Å². The summed E-state index contributed by atoms with van der Waals surface area (Å²) in [5.74, 6) is -1.87. The largest absolute Gasteiger partial charge is 0.508 e. The molecule has 0 unspecified atom stereocenters. The molecule has 0 aliphatic carbocycles. The minimum Gasteiger partial charge on any atom is -0.508 e. The second-order valence-electron chi connectivity index (χ2n) is 5.04. The first-order valence-electron chi connectivity index (χ1n) is 6.80. The van der Waals surface area contributed by atoms with E-state index in [4.69, 9.17) is 28.3 Å². The van der Waals surface area contributed by atoms with Gasteiger partial charge in [-0.05, 0) is 36.4 Å². The fourth-order valence-corrected chi connectivity index (χ4v) is 2.33. The predicted molar refractivity (Wildman–Crippen MR) is 93.4 cm³/mol. The molecule has 8 heteroatoms. The number of anilines is 2. The van der Waals surface area contributed by atoms with Crippen molar-refractivity contribution in [3.63, 3.8) is 0 Å². The van der Waals surface area contributed by atoms with Gasteiger partial charge in [0.2, 0.25) is 5.91 Å². The third kappa shape index (κ3) is 4.31. The van der Waals surface area contributed by atoms with Crippen LogP contribution in [0.2, 0.25) is 10.0 Å². The Labute approximate surface area is 148 Å². The van der Waals surface area contributed by atoms with Gasteiger partial charge < -0.3 is 20.4 Å². The number of phenolic OH excluding ortho intramolecular Hbond substituents is 1. The van der Waals surface area contributed by atoms with Crippen LogP contribution >= 0.6 is 23.2 Å². The van der Waals surface area contributed by atoms with E-state index in [1.165, 1.54) is 12.1 Å². The summed E-state index contributed by atoms with van der Waals surface area (Å²) < 4.78 is 0. The fraction of sp³-hybridized carbons (Fsp3) is 0.125. The molecule has 0 heterocycles. The van der Waals surface area contributed by atoms with Gasteiger partial charge in [-0.25, -0.2) is 4.79 Å². The Hall–Kier alpha value is -2.44. The monoisotopic (exact) mass is 368 g/mol. The first kappa shape index (κ1) is 17.9. The van der Waals surface area contributed by atoms with Crippen molar-refractivity contribution in [1.82, 2.24) is 0 Å². The number of likely N-dealkylation sites (N-methyl/N-ethyl adjacent to an activating group) is 1. The molecule has 0 bridgehead atoms. The standard InChI is InChI=1S/C16H14Cl2N2O4/c1-20(9-2-4-12(17)13(18)6-9)8-15(22)19-14-5-3-10(21)7-11(14)16(23)24/h2-7,21H,8H2,1H3,(H,19,22)(H,23,24). The summed E-state index contributed by atoms with van der Waals surface area (Å²) in [4.78, 5) is 24.9. The number of hydrogen-bond acceptors (Lipinski definition) is 4. The molecule has 0 aliphatic heterocycles. The third-order valence-corrected chi connectivity index (χ3v) is 3.97. The third-order valence-electron chi connectivity index (χ3n) is 3.23. The summed E-state index contributed by atoms with van der Waals surface area (Å²) in [7, 11) is 1.69. The molecule has 24 heavy (non-hydrogen) atoms. The number of aromatic hydroxyl groups is 1. The van der Waals surface area contributed by atoms with Crippen LogP contribution in [0.3, 0.4) is 0 Å². The number of aromatic carboxylic acids is 1. The molecule has 0 saturated heterocycles. The van der Waals surface area contributed by atoms with Crippen molar-refractivity contribution in [2.75, 3.05) is 23.8 Å². The molecule has 126 valence electrons. The molecule has 2 aromatic carbocycles. The zero-order valence-electron chi connectivity index (χ0n) is 12.6. The molecule has 0 aliphatic rings. The van der Waals surface area contributed by atoms with E-state index in [9.17, 15) is 14.7 Å². The minimum atomic E-state index is -1.25. The molecular weight excluding hydrogens is 355 g/mol. The normalized spacial score (nSPS) is 10.3. The van der Waals surface area contributed by atoms with Crippen LogP contribution in [0, 0.1) is 0 Å². The van der Waals surface area contributed by atoms with Crippen LogP contribution in [0.5, 0.6) is 5.75 Å². The van der Waals surface area contributed by atoms with Crippen LogP contribution in [0.4, 0.5) is 11.4 Å². The van der Waals surface area contributed by atoms with E-state index in [1.54, 1.807) is 30.1 Å². The Balaban J connectivity index is 2.10. The van der Waals surface area contributed by atoms with E-state index < -0.39 is 11.9 Å². The first-order valence-corrected chi connectivity index (χ1v) is 7.56. The number of amides is 1. The van der Waals surface area contributed by atoms with Gasteiger partial charge in [0.05, 0.1) is 27.8 Å². The minimum absolute atomic E-state index is 0.0299. The van der Waals surface area contributed by atoms with Crippen molar-refractivity contribution >= 4 is 46.5 Å². The van der Waals surface area contributed by atoms with Crippen LogP contribution in [0.15, 0.2) is 36.4 Å². The molecule has 0 saturated carbocycles. The topological polar surface area (TPSA) is 89.9 Å². The predicted octanol–water partition coefficient (Wildman–Crippen LogP) is 3.47. The lowest BCUT2D eigenvalue weighted by molar-refractivity contribution is -0.114. The van der Waals surface area contributed by atoms with Gasteiger partial charge >= 0.3 is 5.97 Å². The highest BCUT2D eigenvalue weighted by molar-refractivity contribution is 6.42. The van der Waals surface area contributed by atoms with Crippen molar-refractivity contribution in [3.05, 3.63) is 52.0 Å². The molecule has 0 atom stereocenters. The fourth-order valence-electron chi connectivity index (χ4n) is 2.04. The van der Waals surface area contributed by atoms with Crippen LogP contribution in [-0.2, 0) is 4.79 Å². The average Bonchev–Trinajstić information content (AvgIpc) is 2.51. The van der Waals surface area contributed by atoms with Crippen LogP contribution in [0.25, 0.3) is 0 Å². The number of hydrogen-bond donors (Lipinski definition) is 3. The van der Waals surface area contributed by atoms with Crippen LogP contribution < -0.4 is 10.2 Å². The summed E-state index contributed by atoms with van der Waals surface area (Å²) in [5, 5.41) is 21.8. The van der Waals surface area contributed by atoms with Gasteiger partial charge in [0.15, 0.2) is 0 Å². The number of rotatable bonds is 5. The molecule has 2 aromatic rings. The molecule has 6 nitrogen and oxygen atoms in total. The molecule has 3 N–H and O–H groups in total. The van der Waals surface area contributed by atoms with E-state index in [1.807, 2.05) is 0 Å². The Morgan fingerprint density at radius 2 is 1.83 bits per heavy atom. The molecule has 0 spiro atoms. The quantitative estimate of drug-likeness (QED) is 0.703. The van der Waals surface area contributed by atoms with Crippen molar-refractivity contribution in [2.24, 2.45) is 0 Å². The van der Waals surface area contributed by atoms with E-state index in [0.29, 0.717) is 15.7 Å². The maximum Gasteiger partial charge on any atom is 0.337 e. The molecule has 1 amide bonds. The molecule has 2 rings (SSSR count). The lowest BCUT2D eigenvalue weighted by atomic mass is 10.1. The highest BCUT2D eigenvalue weighted by Gasteiger charge is 2.15. The molecule has 0 radical (unpaired) electrons. The summed E-state index contributed by atoms with van der Waals surface area (Å²) in [5.41, 5.74) is 0.595. The summed E-state index contributed by atoms with van der Waals surface area (Å²) >= 11 is 11.8. The average molecular weight is 369 g/mol. The van der Waals surface area contributed by atoms with E-state index in [-0.39, 0.29) is 23.5 Å². The molecule has 0 fully saturated rings. The number of halogens is 2. The second kappa shape index (κ2) is 7.42. The Kier molecular flexibility index (Phi) is 5.54. The summed E-state index contributed by atoms with van der Waals surface area (Å²) in [6.07, 6.45) is 0. The van der Waals surface area contributed by atoms with E-state index in [2.05, 4.69) is 5.32 Å². The highest BCUT2D eigenvalue weighted by Crippen LogP contribution is 2.27. The summed E-state index contributed by atoms with van der Waals surface area (Å²) in [6.45, 7) is -0.0299.